The number of hydrogen-bond donors (Lipinski definition) is 0. The SMILES string of the molecule is COc1cccc(N2C(=O)C3Cc4ccccc4CN3C2=S)c1. The number of methoxy groups -OCH3 is 1. The summed E-state index contributed by atoms with van der Waals surface area (Å²) in [5, 5.41) is 0.572. The molecule has 23 heavy (non-hydrogen) atoms. The van der Waals surface area contributed by atoms with E-state index in [9.17, 15) is 4.79 Å². The minimum Gasteiger partial charge on any atom is -0.497 e. The largest absolute Gasteiger partial charge is 0.497 e. The summed E-state index contributed by atoms with van der Waals surface area (Å²) in [6, 6.07) is 15.5. The van der Waals surface area contributed by atoms with E-state index in [2.05, 4.69) is 12.1 Å². The minimum atomic E-state index is -0.205. The number of thiocarbonyl (C=S) groups is 1. The standard InChI is InChI=1S/C18H16N2O2S/c1-22-15-8-4-7-14(10-15)20-17(21)16-9-12-5-2-3-6-13(12)11-19(16)18(20)23/h2-8,10,16H,9,11H2,1H3. The second-order valence-corrected chi connectivity index (χ2v) is 6.14. The maximum Gasteiger partial charge on any atom is 0.256 e. The van der Waals surface area contributed by atoms with Crippen LogP contribution in [-0.2, 0) is 17.8 Å². The Kier molecular flexibility index (Phi) is 3.31. The van der Waals surface area contributed by atoms with E-state index in [1.165, 1.54) is 11.1 Å². The predicted molar refractivity (Wildman–Crippen MR) is 92.6 cm³/mol. The van der Waals surface area contributed by atoms with Crippen LogP contribution in [-0.4, -0.2) is 29.1 Å². The Morgan fingerprint density at radius 1 is 1.13 bits per heavy atom. The van der Waals surface area contributed by atoms with Crippen molar-refractivity contribution in [3.8, 4) is 5.75 Å². The van der Waals surface area contributed by atoms with Crippen LogP contribution in [0.15, 0.2) is 48.5 Å². The molecule has 1 fully saturated rings. The van der Waals surface area contributed by atoms with Crippen molar-refractivity contribution in [2.75, 3.05) is 12.0 Å². The van der Waals surface area contributed by atoms with Crippen LogP contribution in [0.3, 0.4) is 0 Å². The second kappa shape index (κ2) is 5.35. The van der Waals surface area contributed by atoms with Crippen molar-refractivity contribution in [2.45, 2.75) is 19.0 Å². The fourth-order valence-electron chi connectivity index (χ4n) is 3.30. The van der Waals surface area contributed by atoms with E-state index in [1.807, 2.05) is 41.3 Å². The lowest BCUT2D eigenvalue weighted by molar-refractivity contribution is -0.119. The van der Waals surface area contributed by atoms with Gasteiger partial charge in [0.05, 0.1) is 12.8 Å². The summed E-state index contributed by atoms with van der Waals surface area (Å²) >= 11 is 5.60. The van der Waals surface area contributed by atoms with Crippen LogP contribution in [0.4, 0.5) is 5.69 Å². The zero-order valence-corrected chi connectivity index (χ0v) is 13.5. The molecule has 0 spiro atoms. The van der Waals surface area contributed by atoms with Crippen molar-refractivity contribution in [2.24, 2.45) is 0 Å². The zero-order chi connectivity index (χ0) is 16.0. The monoisotopic (exact) mass is 324 g/mol. The molecule has 2 heterocycles. The molecule has 2 aromatic carbocycles. The van der Waals surface area contributed by atoms with E-state index in [4.69, 9.17) is 17.0 Å². The van der Waals surface area contributed by atoms with E-state index in [0.717, 1.165) is 5.69 Å². The number of fused-ring (bicyclic) bond motifs is 2. The van der Waals surface area contributed by atoms with Gasteiger partial charge in [0.15, 0.2) is 5.11 Å². The molecular formula is C18H16N2O2S. The van der Waals surface area contributed by atoms with Gasteiger partial charge in [0.2, 0.25) is 0 Å². The van der Waals surface area contributed by atoms with Crippen molar-refractivity contribution in [3.05, 3.63) is 59.7 Å². The highest BCUT2D eigenvalue weighted by Crippen LogP contribution is 2.34. The minimum absolute atomic E-state index is 0.0396. The second-order valence-electron chi connectivity index (χ2n) is 5.77. The molecule has 5 heteroatoms. The van der Waals surface area contributed by atoms with Gasteiger partial charge in [-0.3, -0.25) is 9.69 Å². The van der Waals surface area contributed by atoms with Gasteiger partial charge in [-0.05, 0) is 35.5 Å². The first kappa shape index (κ1) is 14.2. The van der Waals surface area contributed by atoms with Crippen LogP contribution < -0.4 is 9.64 Å². The maximum absolute atomic E-state index is 12.9. The zero-order valence-electron chi connectivity index (χ0n) is 12.7. The topological polar surface area (TPSA) is 32.8 Å². The summed E-state index contributed by atoms with van der Waals surface area (Å²) in [7, 11) is 1.61. The highest BCUT2D eigenvalue weighted by atomic mass is 32.1. The third-order valence-corrected chi connectivity index (χ3v) is 4.92. The van der Waals surface area contributed by atoms with Gasteiger partial charge in [-0.2, -0.15) is 0 Å². The third-order valence-electron chi connectivity index (χ3n) is 4.50. The highest BCUT2D eigenvalue weighted by Gasteiger charge is 2.45. The van der Waals surface area contributed by atoms with E-state index in [-0.39, 0.29) is 11.9 Å². The molecule has 1 unspecified atom stereocenters. The fourth-order valence-corrected chi connectivity index (χ4v) is 3.69. The van der Waals surface area contributed by atoms with Crippen LogP contribution in [0.5, 0.6) is 5.75 Å². The van der Waals surface area contributed by atoms with Crippen molar-refractivity contribution in [1.82, 2.24) is 4.90 Å². The quantitative estimate of drug-likeness (QED) is 0.795. The van der Waals surface area contributed by atoms with Gasteiger partial charge in [-0.1, -0.05) is 30.3 Å². The van der Waals surface area contributed by atoms with Gasteiger partial charge in [-0.25, -0.2) is 0 Å². The number of benzene rings is 2. The Morgan fingerprint density at radius 2 is 1.91 bits per heavy atom. The van der Waals surface area contributed by atoms with Crippen LogP contribution in [0.1, 0.15) is 11.1 Å². The number of nitrogens with zero attached hydrogens (tertiary/aromatic N) is 2. The summed E-state index contributed by atoms with van der Waals surface area (Å²) < 4.78 is 5.26. The normalized spacial score (nSPS) is 19.6. The van der Waals surface area contributed by atoms with Crippen molar-refractivity contribution >= 4 is 28.9 Å². The fraction of sp³-hybridized carbons (Fsp3) is 0.222. The molecular weight excluding hydrogens is 308 g/mol. The molecule has 4 nitrogen and oxygen atoms in total. The predicted octanol–water partition coefficient (Wildman–Crippen LogP) is 2.75. The molecule has 0 radical (unpaired) electrons. The van der Waals surface area contributed by atoms with Crippen molar-refractivity contribution in [1.29, 1.82) is 0 Å². The van der Waals surface area contributed by atoms with Crippen LogP contribution in [0.25, 0.3) is 0 Å². The first-order valence-corrected chi connectivity index (χ1v) is 7.95. The first-order valence-electron chi connectivity index (χ1n) is 7.54. The van der Waals surface area contributed by atoms with Crippen LogP contribution in [0, 0.1) is 0 Å². The summed E-state index contributed by atoms with van der Waals surface area (Å²) in [6.07, 6.45) is 0.704. The molecule has 0 aliphatic carbocycles. The summed E-state index contributed by atoms with van der Waals surface area (Å²) in [4.78, 5) is 16.6. The Labute approximate surface area is 140 Å². The molecule has 0 N–H and O–H groups in total. The highest BCUT2D eigenvalue weighted by molar-refractivity contribution is 7.80. The Balaban J connectivity index is 1.71. The van der Waals surface area contributed by atoms with Gasteiger partial charge < -0.3 is 9.64 Å². The van der Waals surface area contributed by atoms with Gasteiger partial charge in [0, 0.05) is 19.0 Å². The van der Waals surface area contributed by atoms with E-state index in [1.54, 1.807) is 12.0 Å². The van der Waals surface area contributed by atoms with Gasteiger partial charge in [0.1, 0.15) is 11.8 Å². The average Bonchev–Trinajstić information content (AvgIpc) is 2.83. The van der Waals surface area contributed by atoms with E-state index in [0.29, 0.717) is 23.8 Å². The Morgan fingerprint density at radius 3 is 2.70 bits per heavy atom. The Hall–Kier alpha value is -2.40. The smallest absolute Gasteiger partial charge is 0.256 e. The molecule has 0 saturated carbocycles. The number of anilines is 1. The van der Waals surface area contributed by atoms with Crippen LogP contribution in [0.2, 0.25) is 0 Å². The maximum atomic E-state index is 12.9. The summed E-state index contributed by atoms with van der Waals surface area (Å²) in [5.74, 6) is 0.754. The number of hydrogen-bond acceptors (Lipinski definition) is 3. The molecule has 1 amide bonds. The van der Waals surface area contributed by atoms with E-state index >= 15 is 0 Å². The molecule has 2 aromatic rings. The van der Waals surface area contributed by atoms with Crippen molar-refractivity contribution in [3.63, 3.8) is 0 Å². The lowest BCUT2D eigenvalue weighted by atomic mass is 9.95. The molecule has 4 rings (SSSR count). The lowest BCUT2D eigenvalue weighted by Crippen LogP contribution is -2.39. The number of rotatable bonds is 2. The van der Waals surface area contributed by atoms with E-state index < -0.39 is 0 Å². The molecule has 2 aliphatic rings. The number of amides is 1. The summed E-state index contributed by atoms with van der Waals surface area (Å²) in [6.45, 7) is 0.686. The molecule has 0 bridgehead atoms. The number of carbonyl (C=O) groups excluding carboxylic acids is 1. The average molecular weight is 324 g/mol. The lowest BCUT2D eigenvalue weighted by Gasteiger charge is -2.30. The van der Waals surface area contributed by atoms with Gasteiger partial charge in [-0.15, -0.1) is 0 Å². The number of ether oxygens (including phenoxy) is 1. The van der Waals surface area contributed by atoms with Gasteiger partial charge in [0.25, 0.3) is 5.91 Å². The number of carbonyl (C=O) groups is 1. The molecule has 0 aromatic heterocycles. The third kappa shape index (κ3) is 2.19. The first-order chi connectivity index (χ1) is 11.2. The molecule has 1 atom stereocenters. The van der Waals surface area contributed by atoms with Crippen molar-refractivity contribution < 1.29 is 9.53 Å². The summed E-state index contributed by atoms with van der Waals surface area (Å²) in [5.41, 5.74) is 3.24. The Bertz CT molecular complexity index is 762. The van der Waals surface area contributed by atoms with Gasteiger partial charge >= 0.3 is 0 Å². The van der Waals surface area contributed by atoms with Crippen LogP contribution >= 0.6 is 12.2 Å². The molecule has 2 aliphatic heterocycles. The molecule has 116 valence electrons. The molecule has 1 saturated heterocycles.